The number of carbonyl (C=O) groups is 1. The van der Waals surface area contributed by atoms with E-state index in [9.17, 15) is 9.59 Å². The van der Waals surface area contributed by atoms with Crippen LogP contribution in [0.4, 0.5) is 0 Å². The maximum atomic E-state index is 12.7. The Morgan fingerprint density at radius 2 is 2.16 bits per heavy atom. The van der Waals surface area contributed by atoms with Crippen LogP contribution in [0.5, 0.6) is 0 Å². The molecule has 0 spiro atoms. The van der Waals surface area contributed by atoms with Gasteiger partial charge in [-0.2, -0.15) is 0 Å². The third kappa shape index (κ3) is 2.33. The summed E-state index contributed by atoms with van der Waals surface area (Å²) >= 11 is 0. The fourth-order valence-corrected chi connectivity index (χ4v) is 2.73. The van der Waals surface area contributed by atoms with Crippen molar-refractivity contribution in [2.45, 2.75) is 0 Å². The van der Waals surface area contributed by atoms with Crippen LogP contribution < -0.4 is 5.56 Å². The van der Waals surface area contributed by atoms with Crippen molar-refractivity contribution in [3.05, 3.63) is 76.6 Å². The first kappa shape index (κ1) is 14.9. The largest absolute Gasteiger partial charge is 0.392 e. The number of ketones is 1. The summed E-state index contributed by atoms with van der Waals surface area (Å²) in [6.07, 6.45) is 6.07. The smallest absolute Gasteiger partial charge is 0.267 e. The van der Waals surface area contributed by atoms with Crippen LogP contribution in [0.25, 0.3) is 16.6 Å². The van der Waals surface area contributed by atoms with Crippen LogP contribution in [-0.2, 0) is 4.84 Å². The molecule has 0 fully saturated rings. The van der Waals surface area contributed by atoms with E-state index >= 15 is 0 Å². The zero-order chi connectivity index (χ0) is 17.4. The van der Waals surface area contributed by atoms with Crippen molar-refractivity contribution in [1.29, 1.82) is 0 Å². The second-order valence-electron chi connectivity index (χ2n) is 5.39. The van der Waals surface area contributed by atoms with Crippen LogP contribution >= 0.6 is 0 Å². The summed E-state index contributed by atoms with van der Waals surface area (Å²) < 4.78 is 1.33. The lowest BCUT2D eigenvalue weighted by Crippen LogP contribution is -2.21. The quantitative estimate of drug-likeness (QED) is 0.246. The Morgan fingerprint density at radius 1 is 1.28 bits per heavy atom. The Hall–Kier alpha value is -3.61. The van der Waals surface area contributed by atoms with E-state index in [2.05, 4.69) is 21.7 Å². The maximum absolute atomic E-state index is 12.7. The molecule has 4 rings (SSSR count). The molecule has 0 saturated heterocycles. The lowest BCUT2D eigenvalue weighted by Gasteiger charge is -2.05. The van der Waals surface area contributed by atoms with Gasteiger partial charge in [-0.1, -0.05) is 23.9 Å². The monoisotopic (exact) mass is 332 g/mol. The van der Waals surface area contributed by atoms with Gasteiger partial charge in [0.2, 0.25) is 5.78 Å². The first-order valence-electron chi connectivity index (χ1n) is 7.53. The molecule has 7 nitrogen and oxygen atoms in total. The van der Waals surface area contributed by atoms with E-state index in [0.29, 0.717) is 34.3 Å². The third-order valence-corrected chi connectivity index (χ3v) is 3.85. The van der Waals surface area contributed by atoms with Gasteiger partial charge in [0.15, 0.2) is 5.82 Å². The number of carbonyl (C=O) groups excluding carboxylic acids is 1. The van der Waals surface area contributed by atoms with E-state index in [4.69, 9.17) is 4.84 Å². The average molecular weight is 332 g/mol. The van der Waals surface area contributed by atoms with Crippen LogP contribution in [-0.4, -0.2) is 33.1 Å². The Balaban J connectivity index is 1.84. The Bertz CT molecular complexity index is 1110. The van der Waals surface area contributed by atoms with E-state index in [-0.39, 0.29) is 17.2 Å². The van der Waals surface area contributed by atoms with Crippen LogP contribution in [0.15, 0.2) is 59.3 Å². The summed E-state index contributed by atoms with van der Waals surface area (Å²) in [6, 6.07) is 6.73. The molecule has 0 saturated carbocycles. The minimum atomic E-state index is -0.309. The number of hydrogen-bond donors (Lipinski definition) is 0. The normalized spacial score (nSPS) is 12.4. The molecule has 0 aliphatic carbocycles. The fraction of sp³-hybridized carbons (Fsp3) is 0.0556. The van der Waals surface area contributed by atoms with Gasteiger partial charge in [0, 0.05) is 12.4 Å². The molecule has 0 amide bonds. The lowest BCUT2D eigenvalue weighted by molar-refractivity contribution is 0.103. The molecule has 0 radical (unpaired) electrons. The number of hydrogen-bond acceptors (Lipinski definition) is 6. The number of pyridine rings is 1. The molecule has 122 valence electrons. The number of rotatable bonds is 4. The molecule has 0 bridgehead atoms. The second-order valence-corrected chi connectivity index (χ2v) is 5.39. The number of fused-ring (bicyclic) bond motifs is 4. The highest BCUT2D eigenvalue weighted by atomic mass is 16.6. The summed E-state index contributed by atoms with van der Waals surface area (Å²) in [5, 5.41) is 4.16. The van der Waals surface area contributed by atoms with Crippen molar-refractivity contribution in [3.8, 4) is 5.69 Å². The summed E-state index contributed by atoms with van der Waals surface area (Å²) in [7, 11) is 0. The van der Waals surface area contributed by atoms with E-state index in [1.165, 1.54) is 23.2 Å². The van der Waals surface area contributed by atoms with Crippen LogP contribution in [0.1, 0.15) is 21.7 Å². The summed E-state index contributed by atoms with van der Waals surface area (Å²) in [4.78, 5) is 38.7. The van der Waals surface area contributed by atoms with Crippen molar-refractivity contribution >= 4 is 22.9 Å². The molecule has 0 atom stereocenters. The molecule has 1 aliphatic heterocycles. The van der Waals surface area contributed by atoms with E-state index < -0.39 is 0 Å². The number of nitrogens with zero attached hydrogens (tertiary/aromatic N) is 4. The Kier molecular flexibility index (Phi) is 3.46. The lowest BCUT2D eigenvalue weighted by atomic mass is 10.1. The van der Waals surface area contributed by atoms with Gasteiger partial charge in [-0.3, -0.25) is 19.1 Å². The summed E-state index contributed by atoms with van der Waals surface area (Å²) in [5.74, 6) is -0.191. The SMILES string of the molecule is C=CCON=Cc1ccc2c(c1)C(=O)c1nc3ccncc3c(=O)n1-2. The standard InChI is InChI=1S/C18H12N4O3/c1-2-7-25-20-9-11-3-4-15-12(8-11)16(23)17-21-14-5-6-19-10-13(14)18(24)22(15)17/h2-6,8-10H,1,7H2. The minimum Gasteiger partial charge on any atom is -0.392 e. The molecule has 0 unspecified atom stereocenters. The topological polar surface area (TPSA) is 86.4 Å². The first-order valence-corrected chi connectivity index (χ1v) is 7.53. The highest BCUT2D eigenvalue weighted by molar-refractivity contribution is 6.14. The third-order valence-electron chi connectivity index (χ3n) is 3.85. The van der Waals surface area contributed by atoms with Gasteiger partial charge in [0.1, 0.15) is 6.61 Å². The molecule has 25 heavy (non-hydrogen) atoms. The van der Waals surface area contributed by atoms with E-state index in [1.54, 1.807) is 30.3 Å². The molecule has 3 aromatic rings. The Morgan fingerprint density at radius 3 is 3.00 bits per heavy atom. The molecule has 0 N–H and O–H groups in total. The zero-order valence-electron chi connectivity index (χ0n) is 13.0. The number of oxime groups is 1. The fourth-order valence-electron chi connectivity index (χ4n) is 2.73. The van der Waals surface area contributed by atoms with Crippen molar-refractivity contribution < 1.29 is 9.63 Å². The highest BCUT2D eigenvalue weighted by Gasteiger charge is 2.30. The maximum Gasteiger partial charge on any atom is 0.267 e. The van der Waals surface area contributed by atoms with Gasteiger partial charge in [0.05, 0.1) is 28.4 Å². The van der Waals surface area contributed by atoms with Crippen molar-refractivity contribution in [2.75, 3.05) is 6.61 Å². The number of aromatic nitrogens is 3. The molecular weight excluding hydrogens is 320 g/mol. The molecular formula is C18H12N4O3. The average Bonchev–Trinajstić information content (AvgIpc) is 2.91. The molecule has 3 heterocycles. The summed E-state index contributed by atoms with van der Waals surface area (Å²) in [5.41, 5.74) is 1.74. The molecule has 1 aliphatic rings. The van der Waals surface area contributed by atoms with Gasteiger partial charge in [-0.25, -0.2) is 4.98 Å². The van der Waals surface area contributed by atoms with Crippen molar-refractivity contribution in [1.82, 2.24) is 14.5 Å². The van der Waals surface area contributed by atoms with Gasteiger partial charge in [0.25, 0.3) is 5.56 Å². The molecule has 1 aromatic carbocycles. The van der Waals surface area contributed by atoms with Crippen LogP contribution in [0.3, 0.4) is 0 Å². The van der Waals surface area contributed by atoms with Crippen LogP contribution in [0, 0.1) is 0 Å². The predicted molar refractivity (Wildman–Crippen MR) is 92.3 cm³/mol. The van der Waals surface area contributed by atoms with Gasteiger partial charge >= 0.3 is 0 Å². The van der Waals surface area contributed by atoms with Gasteiger partial charge < -0.3 is 4.84 Å². The van der Waals surface area contributed by atoms with E-state index in [1.807, 2.05) is 0 Å². The minimum absolute atomic E-state index is 0.107. The van der Waals surface area contributed by atoms with Crippen molar-refractivity contribution in [2.24, 2.45) is 5.16 Å². The first-order chi connectivity index (χ1) is 12.2. The Labute approximate surface area is 141 Å². The van der Waals surface area contributed by atoms with Crippen molar-refractivity contribution in [3.63, 3.8) is 0 Å². The second kappa shape index (κ2) is 5.79. The predicted octanol–water partition coefficient (Wildman–Crippen LogP) is 1.86. The number of benzene rings is 1. The van der Waals surface area contributed by atoms with Gasteiger partial charge in [-0.05, 0) is 23.8 Å². The summed E-state index contributed by atoms with van der Waals surface area (Å²) in [6.45, 7) is 3.83. The highest BCUT2D eigenvalue weighted by Crippen LogP contribution is 2.26. The molecule has 2 aromatic heterocycles. The van der Waals surface area contributed by atoms with Crippen LogP contribution in [0.2, 0.25) is 0 Å². The van der Waals surface area contributed by atoms with Gasteiger partial charge in [-0.15, -0.1) is 0 Å². The molecule has 7 heteroatoms. The zero-order valence-corrected chi connectivity index (χ0v) is 13.0. The van der Waals surface area contributed by atoms with E-state index in [0.717, 1.165) is 0 Å².